The maximum atomic E-state index is 5.62. The molecule has 0 aromatic heterocycles. The predicted molar refractivity (Wildman–Crippen MR) is 41.5 cm³/mol. The second-order valence-corrected chi connectivity index (χ2v) is 4.33. The van der Waals surface area contributed by atoms with Crippen LogP contribution in [0.3, 0.4) is 0 Å². The molecule has 2 aliphatic rings. The van der Waals surface area contributed by atoms with Crippen LogP contribution in [-0.4, -0.2) is 47.1 Å². The zero-order chi connectivity index (χ0) is 8.60. The standard InChI is InChI=1S/C7H12O4.Al.Li/c1-7(2)10-5(3-8)6(4-9)11-7;;/h5-6H,3-4H2,1-2H3;;/q-2;2*+1/t5-,6-;;/m0../s1. The van der Waals surface area contributed by atoms with Gasteiger partial charge in [0.15, 0.2) is 5.79 Å². The van der Waals surface area contributed by atoms with Crippen LogP contribution in [0.15, 0.2) is 0 Å². The van der Waals surface area contributed by atoms with E-state index in [0.29, 0.717) is 13.2 Å². The summed E-state index contributed by atoms with van der Waals surface area (Å²) in [5.74, 6) is -0.477. The van der Waals surface area contributed by atoms with E-state index >= 15 is 0 Å². The SMILES string of the molecule is CC1(C)O[C@H]2C[O][Al-][O]C[C@@H]2O1.[Li+]. The van der Waals surface area contributed by atoms with Gasteiger partial charge >= 0.3 is 18.9 Å². The molecule has 2 rings (SSSR count). The maximum Gasteiger partial charge on any atom is 1.00 e. The Hall–Kier alpha value is 0.970. The van der Waals surface area contributed by atoms with Gasteiger partial charge in [0.25, 0.3) is 0 Å². The fourth-order valence-electron chi connectivity index (χ4n) is 1.51. The summed E-state index contributed by atoms with van der Waals surface area (Å²) >= 11 is -0.318. The first-order valence-corrected chi connectivity index (χ1v) is 5.02. The van der Waals surface area contributed by atoms with Crippen molar-refractivity contribution in [3.05, 3.63) is 0 Å². The van der Waals surface area contributed by atoms with Gasteiger partial charge < -0.3 is 17.1 Å². The van der Waals surface area contributed by atoms with Crippen molar-refractivity contribution in [2.75, 3.05) is 13.2 Å². The van der Waals surface area contributed by atoms with E-state index in [1.54, 1.807) is 0 Å². The van der Waals surface area contributed by atoms with Crippen LogP contribution in [0.5, 0.6) is 0 Å². The summed E-state index contributed by atoms with van der Waals surface area (Å²) in [5, 5.41) is 0. The predicted octanol–water partition coefficient (Wildman–Crippen LogP) is -2.91. The fourth-order valence-corrected chi connectivity index (χ4v) is 2.14. The van der Waals surface area contributed by atoms with Crippen LogP contribution >= 0.6 is 0 Å². The zero-order valence-corrected chi connectivity index (χ0v) is 9.43. The number of rotatable bonds is 0. The Labute approximate surface area is 96.8 Å². The third-order valence-electron chi connectivity index (χ3n) is 1.94. The first-order chi connectivity index (χ1) is 5.67. The van der Waals surface area contributed by atoms with Gasteiger partial charge in [0, 0.05) is 13.2 Å². The van der Waals surface area contributed by atoms with Gasteiger partial charge in [-0.15, -0.1) is 0 Å². The van der Waals surface area contributed by atoms with Crippen LogP contribution in [0, 0.1) is 0 Å². The molecule has 0 aliphatic carbocycles. The van der Waals surface area contributed by atoms with E-state index in [2.05, 4.69) is 0 Å². The smallest absolute Gasteiger partial charge is 0.677 e. The van der Waals surface area contributed by atoms with Crippen LogP contribution in [0.4, 0.5) is 0 Å². The Kier molecular flexibility index (Phi) is 4.32. The van der Waals surface area contributed by atoms with E-state index in [1.807, 2.05) is 13.8 Å². The molecule has 0 bridgehead atoms. The zero-order valence-electron chi connectivity index (χ0n) is 8.28. The number of hydrogen-bond donors (Lipinski definition) is 0. The van der Waals surface area contributed by atoms with Gasteiger partial charge in [0.05, 0.1) is 0 Å². The van der Waals surface area contributed by atoms with Gasteiger partial charge in [-0.2, -0.15) is 0 Å². The van der Waals surface area contributed by atoms with Gasteiger partial charge in [-0.3, -0.25) is 0 Å². The van der Waals surface area contributed by atoms with E-state index in [9.17, 15) is 0 Å². The topological polar surface area (TPSA) is 36.9 Å². The van der Waals surface area contributed by atoms with Gasteiger partial charge in [0.1, 0.15) is 28.1 Å². The number of ether oxygens (including phenoxy) is 2. The molecule has 0 N–H and O–H groups in total. The summed E-state index contributed by atoms with van der Waals surface area (Å²) in [6, 6.07) is 0. The molecule has 13 heavy (non-hydrogen) atoms. The Bertz CT molecular complexity index is 162. The average Bonchev–Trinajstić information content (AvgIpc) is 2.17. The summed E-state index contributed by atoms with van der Waals surface area (Å²) in [4.78, 5) is 0. The maximum absolute atomic E-state index is 5.62. The Morgan fingerprint density at radius 1 is 1.08 bits per heavy atom. The summed E-state index contributed by atoms with van der Waals surface area (Å²) in [5.41, 5.74) is 0. The molecule has 2 fully saturated rings. The molecule has 2 atom stereocenters. The van der Waals surface area contributed by atoms with Crippen molar-refractivity contribution in [2.45, 2.75) is 31.8 Å². The molecule has 68 valence electrons. The molecule has 0 saturated carbocycles. The van der Waals surface area contributed by atoms with Crippen LogP contribution in [0.1, 0.15) is 13.8 Å². The molecule has 0 aromatic rings. The molecule has 0 unspecified atom stereocenters. The summed E-state index contributed by atoms with van der Waals surface area (Å²) < 4.78 is 21.8. The van der Waals surface area contributed by atoms with Gasteiger partial charge in [-0.25, -0.2) is 0 Å². The molecule has 0 aromatic carbocycles. The quantitative estimate of drug-likeness (QED) is 0.387. The van der Waals surface area contributed by atoms with Crippen molar-refractivity contribution >= 4 is 15.9 Å². The summed E-state index contributed by atoms with van der Waals surface area (Å²) in [6.07, 6.45) is 0.102. The van der Waals surface area contributed by atoms with Crippen LogP contribution in [0.25, 0.3) is 0 Å². The largest absolute Gasteiger partial charge is 1.00 e. The van der Waals surface area contributed by atoms with Crippen LogP contribution in [-0.2, 0) is 17.1 Å². The van der Waals surface area contributed by atoms with Crippen molar-refractivity contribution in [2.24, 2.45) is 0 Å². The normalized spacial score (nSPS) is 37.4. The van der Waals surface area contributed by atoms with E-state index < -0.39 is 5.79 Å². The number of fused-ring (bicyclic) bond motifs is 1. The monoisotopic (exact) mass is 194 g/mol. The summed E-state index contributed by atoms with van der Waals surface area (Å²) in [6.45, 7) is 5.02. The first kappa shape index (κ1) is 12.0. The molecule has 2 radical (unpaired) electrons. The van der Waals surface area contributed by atoms with Crippen molar-refractivity contribution in [1.29, 1.82) is 0 Å². The molecule has 2 aliphatic heterocycles. The van der Waals surface area contributed by atoms with E-state index in [-0.39, 0.29) is 47.0 Å². The Balaban J connectivity index is 0.000000845. The van der Waals surface area contributed by atoms with Crippen molar-refractivity contribution in [3.8, 4) is 0 Å². The van der Waals surface area contributed by atoms with Crippen molar-refractivity contribution in [1.82, 2.24) is 0 Å². The summed E-state index contributed by atoms with van der Waals surface area (Å²) in [7, 11) is 0. The van der Waals surface area contributed by atoms with E-state index in [1.165, 1.54) is 0 Å². The third kappa shape index (κ3) is 2.96. The second-order valence-electron chi connectivity index (χ2n) is 3.48. The van der Waals surface area contributed by atoms with E-state index in [0.717, 1.165) is 0 Å². The number of hydrogen-bond acceptors (Lipinski definition) is 4. The Morgan fingerprint density at radius 3 is 2.00 bits per heavy atom. The molecule has 0 spiro atoms. The minimum Gasteiger partial charge on any atom is -0.677 e. The first-order valence-electron chi connectivity index (χ1n) is 4.08. The van der Waals surface area contributed by atoms with Gasteiger partial charge in [0.2, 0.25) is 0 Å². The van der Waals surface area contributed by atoms with Crippen LogP contribution in [0.2, 0.25) is 0 Å². The molecular weight excluding hydrogens is 182 g/mol. The fraction of sp³-hybridized carbons (Fsp3) is 1.00. The van der Waals surface area contributed by atoms with Gasteiger partial charge in [-0.05, 0) is 13.8 Å². The Morgan fingerprint density at radius 2 is 1.54 bits per heavy atom. The van der Waals surface area contributed by atoms with Crippen molar-refractivity contribution in [3.63, 3.8) is 0 Å². The third-order valence-corrected chi connectivity index (χ3v) is 2.60. The molecule has 2 saturated heterocycles. The van der Waals surface area contributed by atoms with E-state index in [4.69, 9.17) is 17.1 Å². The molecule has 4 nitrogen and oxygen atoms in total. The minimum absolute atomic E-state index is 0. The average molecular weight is 194 g/mol. The van der Waals surface area contributed by atoms with Crippen molar-refractivity contribution < 1.29 is 35.9 Å². The second kappa shape index (κ2) is 4.66. The molecule has 2 heterocycles. The molecule has 6 heteroatoms. The molecule has 0 amide bonds. The van der Waals surface area contributed by atoms with Crippen LogP contribution < -0.4 is 18.9 Å². The molecular formula is C7H12AlLiO4. The minimum atomic E-state index is -0.477. The van der Waals surface area contributed by atoms with Gasteiger partial charge in [-0.1, -0.05) is 0 Å².